The van der Waals surface area contributed by atoms with Gasteiger partial charge in [-0.3, -0.25) is 14.6 Å². The van der Waals surface area contributed by atoms with Crippen LogP contribution >= 0.6 is 0 Å². The Bertz CT molecular complexity index is 379. The Morgan fingerprint density at radius 1 is 1.53 bits per heavy atom. The van der Waals surface area contributed by atoms with Gasteiger partial charge in [-0.05, 0) is 25.0 Å². The third kappa shape index (κ3) is 4.63. The highest BCUT2D eigenvalue weighted by atomic mass is 16.4. The lowest BCUT2D eigenvalue weighted by molar-refractivity contribution is -0.137. The maximum atomic E-state index is 11.7. The number of carboxylic acid groups (broad SMARTS) is 1. The van der Waals surface area contributed by atoms with Gasteiger partial charge in [-0.25, -0.2) is 0 Å². The first-order chi connectivity index (χ1) is 8.11. The molecule has 2 N–H and O–H groups in total. The van der Waals surface area contributed by atoms with E-state index >= 15 is 0 Å². The molecular formula is C12H16N2O3. The lowest BCUT2D eigenvalue weighted by Gasteiger charge is -2.11. The number of carboxylic acids is 1. The van der Waals surface area contributed by atoms with Crippen molar-refractivity contribution < 1.29 is 14.7 Å². The van der Waals surface area contributed by atoms with Gasteiger partial charge in [0.1, 0.15) is 0 Å². The van der Waals surface area contributed by atoms with Crippen molar-refractivity contribution in [3.8, 4) is 0 Å². The predicted molar refractivity (Wildman–Crippen MR) is 62.5 cm³/mol. The zero-order valence-corrected chi connectivity index (χ0v) is 9.72. The predicted octanol–water partition coefficient (Wildman–Crippen LogP) is 1.17. The van der Waals surface area contributed by atoms with Crippen molar-refractivity contribution >= 4 is 11.9 Å². The minimum atomic E-state index is -0.848. The van der Waals surface area contributed by atoms with Crippen LogP contribution in [0.4, 0.5) is 0 Å². The van der Waals surface area contributed by atoms with Gasteiger partial charge in [0, 0.05) is 25.4 Å². The van der Waals surface area contributed by atoms with E-state index in [1.807, 2.05) is 6.07 Å². The number of pyridine rings is 1. The number of aromatic nitrogens is 1. The zero-order valence-electron chi connectivity index (χ0n) is 9.72. The van der Waals surface area contributed by atoms with Crippen molar-refractivity contribution in [2.45, 2.75) is 25.7 Å². The number of nitrogens with one attached hydrogen (secondary N) is 1. The summed E-state index contributed by atoms with van der Waals surface area (Å²) in [6, 6.07) is 3.62. The van der Waals surface area contributed by atoms with E-state index in [1.165, 1.54) is 0 Å². The van der Waals surface area contributed by atoms with Crippen LogP contribution in [0.25, 0.3) is 0 Å². The van der Waals surface area contributed by atoms with Crippen LogP contribution in [-0.2, 0) is 9.59 Å². The van der Waals surface area contributed by atoms with Crippen molar-refractivity contribution in [3.63, 3.8) is 0 Å². The first-order valence-corrected chi connectivity index (χ1v) is 5.50. The Hall–Kier alpha value is -1.91. The van der Waals surface area contributed by atoms with Gasteiger partial charge in [0.2, 0.25) is 5.91 Å². The van der Waals surface area contributed by atoms with E-state index in [0.717, 1.165) is 5.56 Å². The third-order valence-electron chi connectivity index (χ3n) is 2.44. The van der Waals surface area contributed by atoms with Crippen LogP contribution < -0.4 is 5.32 Å². The maximum absolute atomic E-state index is 11.7. The Balaban J connectivity index is 2.35. The monoisotopic (exact) mass is 236 g/mol. The number of hydrogen-bond acceptors (Lipinski definition) is 3. The lowest BCUT2D eigenvalue weighted by atomic mass is 10.0. The molecule has 92 valence electrons. The summed E-state index contributed by atoms with van der Waals surface area (Å²) in [5.41, 5.74) is 0.850. The standard InChI is InChI=1S/C12H16N2O3/c1-9(10-4-2-6-13-8-10)12(17)14-7-3-5-11(15)16/h2,4,6,8-9H,3,5,7H2,1H3,(H,14,17)(H,15,16). The first-order valence-electron chi connectivity index (χ1n) is 5.50. The summed E-state index contributed by atoms with van der Waals surface area (Å²) >= 11 is 0. The molecule has 5 nitrogen and oxygen atoms in total. The van der Waals surface area contributed by atoms with Crippen molar-refractivity contribution in [1.29, 1.82) is 0 Å². The summed E-state index contributed by atoms with van der Waals surface area (Å²) in [5, 5.41) is 11.2. The molecule has 17 heavy (non-hydrogen) atoms. The number of nitrogens with zero attached hydrogens (tertiary/aromatic N) is 1. The van der Waals surface area contributed by atoms with Gasteiger partial charge in [0.25, 0.3) is 0 Å². The van der Waals surface area contributed by atoms with Gasteiger partial charge >= 0.3 is 5.97 Å². The minimum Gasteiger partial charge on any atom is -0.481 e. The molecule has 0 saturated carbocycles. The third-order valence-corrected chi connectivity index (χ3v) is 2.44. The van der Waals surface area contributed by atoms with Crippen molar-refractivity contribution in [1.82, 2.24) is 10.3 Å². The molecule has 0 radical (unpaired) electrons. The highest BCUT2D eigenvalue weighted by Gasteiger charge is 2.14. The van der Waals surface area contributed by atoms with Crippen LogP contribution in [0.3, 0.4) is 0 Å². The molecule has 0 fully saturated rings. The highest BCUT2D eigenvalue weighted by molar-refractivity contribution is 5.83. The molecule has 0 aliphatic heterocycles. The normalized spacial score (nSPS) is 11.8. The molecule has 1 atom stereocenters. The summed E-state index contributed by atoms with van der Waals surface area (Å²) in [7, 11) is 0. The molecule has 0 spiro atoms. The SMILES string of the molecule is CC(C(=O)NCCCC(=O)O)c1cccnc1. The molecule has 1 aromatic rings. The van der Waals surface area contributed by atoms with E-state index in [4.69, 9.17) is 5.11 Å². The fourth-order valence-corrected chi connectivity index (χ4v) is 1.39. The topological polar surface area (TPSA) is 79.3 Å². The lowest BCUT2D eigenvalue weighted by Crippen LogP contribution is -2.29. The average molecular weight is 236 g/mol. The quantitative estimate of drug-likeness (QED) is 0.726. The molecule has 0 aliphatic rings. The summed E-state index contributed by atoms with van der Waals surface area (Å²) in [5.74, 6) is -1.23. The van der Waals surface area contributed by atoms with Gasteiger partial charge in [-0.15, -0.1) is 0 Å². The van der Waals surface area contributed by atoms with E-state index in [1.54, 1.807) is 25.4 Å². The maximum Gasteiger partial charge on any atom is 0.303 e. The molecule has 5 heteroatoms. The van der Waals surface area contributed by atoms with Gasteiger partial charge in [0.05, 0.1) is 5.92 Å². The number of carbonyl (C=O) groups is 2. The molecule has 1 amide bonds. The van der Waals surface area contributed by atoms with Gasteiger partial charge < -0.3 is 10.4 Å². The fourth-order valence-electron chi connectivity index (χ4n) is 1.39. The molecule has 1 unspecified atom stereocenters. The second kappa shape index (κ2) is 6.62. The minimum absolute atomic E-state index is 0.0710. The highest BCUT2D eigenvalue weighted by Crippen LogP contribution is 2.12. The number of amides is 1. The Morgan fingerprint density at radius 3 is 2.88 bits per heavy atom. The number of hydrogen-bond donors (Lipinski definition) is 2. The number of aliphatic carboxylic acids is 1. The van der Waals surface area contributed by atoms with Crippen LogP contribution in [0.2, 0.25) is 0 Å². The first kappa shape index (κ1) is 13.2. The van der Waals surface area contributed by atoms with E-state index < -0.39 is 5.97 Å². The average Bonchev–Trinajstić information content (AvgIpc) is 2.34. The second-order valence-corrected chi connectivity index (χ2v) is 3.80. The fraction of sp³-hybridized carbons (Fsp3) is 0.417. The molecule has 1 heterocycles. The second-order valence-electron chi connectivity index (χ2n) is 3.80. The van der Waals surface area contributed by atoms with Crippen molar-refractivity contribution in [2.24, 2.45) is 0 Å². The van der Waals surface area contributed by atoms with Gasteiger partial charge in [-0.2, -0.15) is 0 Å². The van der Waals surface area contributed by atoms with E-state index in [-0.39, 0.29) is 18.2 Å². The van der Waals surface area contributed by atoms with Crippen LogP contribution in [-0.4, -0.2) is 28.5 Å². The van der Waals surface area contributed by atoms with Crippen LogP contribution in [0.1, 0.15) is 31.2 Å². The van der Waals surface area contributed by atoms with E-state index in [2.05, 4.69) is 10.3 Å². The molecular weight excluding hydrogens is 220 g/mol. The Labute approximate surface area is 99.9 Å². The van der Waals surface area contributed by atoms with Crippen molar-refractivity contribution in [2.75, 3.05) is 6.54 Å². The van der Waals surface area contributed by atoms with Crippen LogP contribution in [0.5, 0.6) is 0 Å². The van der Waals surface area contributed by atoms with E-state index in [0.29, 0.717) is 13.0 Å². The molecule has 1 aromatic heterocycles. The number of carbonyl (C=O) groups excluding carboxylic acids is 1. The Kier molecular flexibility index (Phi) is 5.13. The van der Waals surface area contributed by atoms with Crippen LogP contribution in [0, 0.1) is 0 Å². The van der Waals surface area contributed by atoms with Gasteiger partial charge in [-0.1, -0.05) is 6.07 Å². The molecule has 1 rings (SSSR count). The zero-order chi connectivity index (χ0) is 12.7. The summed E-state index contributed by atoms with van der Waals surface area (Å²) < 4.78 is 0. The summed E-state index contributed by atoms with van der Waals surface area (Å²) in [6.45, 7) is 2.18. The number of rotatable bonds is 6. The van der Waals surface area contributed by atoms with E-state index in [9.17, 15) is 9.59 Å². The molecule has 0 aromatic carbocycles. The van der Waals surface area contributed by atoms with Gasteiger partial charge in [0.15, 0.2) is 0 Å². The van der Waals surface area contributed by atoms with Crippen molar-refractivity contribution in [3.05, 3.63) is 30.1 Å². The smallest absolute Gasteiger partial charge is 0.303 e. The largest absolute Gasteiger partial charge is 0.481 e. The Morgan fingerprint density at radius 2 is 2.29 bits per heavy atom. The summed E-state index contributed by atoms with van der Waals surface area (Å²) in [4.78, 5) is 25.9. The summed E-state index contributed by atoms with van der Waals surface area (Å²) in [6.07, 6.45) is 3.82. The molecule has 0 saturated heterocycles. The molecule has 0 bridgehead atoms. The molecule has 0 aliphatic carbocycles. The van der Waals surface area contributed by atoms with Crippen LogP contribution in [0.15, 0.2) is 24.5 Å².